The molecule has 2 N–H and O–H groups in total. The summed E-state index contributed by atoms with van der Waals surface area (Å²) in [4.78, 5) is 0. The van der Waals surface area contributed by atoms with E-state index in [0.717, 1.165) is 23.7 Å². The number of rotatable bonds is 5. The molecular formula is C12H15ClN4. The Kier molecular flexibility index (Phi) is 4.12. The van der Waals surface area contributed by atoms with Gasteiger partial charge in [0.15, 0.2) is 0 Å². The van der Waals surface area contributed by atoms with E-state index in [0.29, 0.717) is 0 Å². The van der Waals surface area contributed by atoms with Crippen molar-refractivity contribution in [3.8, 4) is 0 Å². The summed E-state index contributed by atoms with van der Waals surface area (Å²) in [6.07, 6.45) is 2.60. The van der Waals surface area contributed by atoms with Gasteiger partial charge in [0.05, 0.1) is 17.9 Å². The minimum Gasteiger partial charge on any atom is -0.309 e. The first-order valence-corrected chi connectivity index (χ1v) is 6.01. The fourth-order valence-corrected chi connectivity index (χ4v) is 2.02. The van der Waals surface area contributed by atoms with E-state index >= 15 is 0 Å². The van der Waals surface area contributed by atoms with Crippen LogP contribution in [0.3, 0.4) is 0 Å². The third-order valence-corrected chi connectivity index (χ3v) is 2.81. The molecule has 0 amide bonds. The van der Waals surface area contributed by atoms with Gasteiger partial charge in [0.1, 0.15) is 0 Å². The molecule has 0 aliphatic rings. The van der Waals surface area contributed by atoms with Gasteiger partial charge in [-0.3, -0.25) is 0 Å². The van der Waals surface area contributed by atoms with Crippen LogP contribution in [0.5, 0.6) is 0 Å². The van der Waals surface area contributed by atoms with Gasteiger partial charge in [0.2, 0.25) is 0 Å². The van der Waals surface area contributed by atoms with Gasteiger partial charge in [-0.1, -0.05) is 30.7 Å². The molecule has 1 heterocycles. The minimum atomic E-state index is 0.164. The summed E-state index contributed by atoms with van der Waals surface area (Å²) >= 11 is 5.98. The van der Waals surface area contributed by atoms with Crippen LogP contribution in [-0.2, 0) is 6.42 Å². The summed E-state index contributed by atoms with van der Waals surface area (Å²) in [6, 6.07) is 8.05. The van der Waals surface area contributed by atoms with Crippen LogP contribution >= 0.6 is 11.6 Å². The molecule has 0 aliphatic heterocycles. The van der Waals surface area contributed by atoms with Crippen LogP contribution in [0.2, 0.25) is 5.02 Å². The molecule has 1 aromatic carbocycles. The molecule has 17 heavy (non-hydrogen) atoms. The van der Waals surface area contributed by atoms with Crippen molar-refractivity contribution < 1.29 is 0 Å². The lowest BCUT2D eigenvalue weighted by molar-refractivity contribution is 0.535. The number of aromatic amines is 1. The molecule has 0 fully saturated rings. The molecule has 1 unspecified atom stereocenters. The Balaban J connectivity index is 2.13. The number of benzene rings is 1. The second kappa shape index (κ2) is 5.80. The van der Waals surface area contributed by atoms with Crippen molar-refractivity contribution in [2.24, 2.45) is 0 Å². The quantitative estimate of drug-likeness (QED) is 0.857. The van der Waals surface area contributed by atoms with E-state index in [1.165, 1.54) is 5.56 Å². The highest BCUT2D eigenvalue weighted by atomic mass is 35.5. The molecule has 0 aliphatic carbocycles. The maximum absolute atomic E-state index is 5.98. The lowest BCUT2D eigenvalue weighted by Crippen LogP contribution is -2.23. The van der Waals surface area contributed by atoms with Crippen molar-refractivity contribution in [1.29, 1.82) is 0 Å². The van der Waals surface area contributed by atoms with Crippen molar-refractivity contribution in [2.45, 2.75) is 19.4 Å². The Hall–Kier alpha value is -1.39. The highest BCUT2D eigenvalue weighted by Crippen LogP contribution is 2.18. The lowest BCUT2D eigenvalue weighted by atomic mass is 10.0. The monoisotopic (exact) mass is 250 g/mol. The smallest absolute Gasteiger partial charge is 0.0997 e. The van der Waals surface area contributed by atoms with Gasteiger partial charge in [-0.25, -0.2) is 0 Å². The summed E-state index contributed by atoms with van der Waals surface area (Å²) in [5.74, 6) is 0. The lowest BCUT2D eigenvalue weighted by Gasteiger charge is -2.15. The van der Waals surface area contributed by atoms with Gasteiger partial charge < -0.3 is 5.32 Å². The zero-order valence-corrected chi connectivity index (χ0v) is 10.4. The third-order valence-electron chi connectivity index (χ3n) is 2.57. The third kappa shape index (κ3) is 3.28. The van der Waals surface area contributed by atoms with Crippen LogP contribution in [0.25, 0.3) is 0 Å². The molecule has 5 heteroatoms. The summed E-state index contributed by atoms with van der Waals surface area (Å²) in [5.41, 5.74) is 2.11. The highest BCUT2D eigenvalue weighted by molar-refractivity contribution is 6.30. The average Bonchev–Trinajstić information content (AvgIpc) is 2.82. The van der Waals surface area contributed by atoms with E-state index in [1.807, 2.05) is 18.2 Å². The number of hydrogen-bond donors (Lipinski definition) is 2. The van der Waals surface area contributed by atoms with E-state index < -0.39 is 0 Å². The Morgan fingerprint density at radius 3 is 3.00 bits per heavy atom. The zero-order chi connectivity index (χ0) is 12.1. The minimum absolute atomic E-state index is 0.164. The van der Waals surface area contributed by atoms with Crippen LogP contribution in [0, 0.1) is 0 Å². The van der Waals surface area contributed by atoms with Crippen LogP contribution in [0.1, 0.15) is 24.2 Å². The second-order valence-corrected chi connectivity index (χ2v) is 4.28. The number of nitrogens with one attached hydrogen (secondary N) is 2. The first-order chi connectivity index (χ1) is 8.29. The highest BCUT2D eigenvalue weighted by Gasteiger charge is 2.13. The number of nitrogens with zero attached hydrogens (tertiary/aromatic N) is 2. The summed E-state index contributed by atoms with van der Waals surface area (Å²) in [6.45, 7) is 2.96. The molecule has 0 spiro atoms. The number of hydrogen-bond acceptors (Lipinski definition) is 3. The summed E-state index contributed by atoms with van der Waals surface area (Å²) in [5, 5.41) is 14.8. The zero-order valence-electron chi connectivity index (χ0n) is 9.65. The fraction of sp³-hybridized carbons (Fsp3) is 0.333. The molecular weight excluding hydrogens is 236 g/mol. The molecule has 90 valence electrons. The van der Waals surface area contributed by atoms with E-state index in [2.05, 4.69) is 33.7 Å². The largest absolute Gasteiger partial charge is 0.309 e. The van der Waals surface area contributed by atoms with E-state index in [-0.39, 0.29) is 6.04 Å². The van der Waals surface area contributed by atoms with Crippen molar-refractivity contribution in [1.82, 2.24) is 20.7 Å². The number of halogens is 1. The maximum atomic E-state index is 5.98. The first kappa shape index (κ1) is 12.1. The van der Waals surface area contributed by atoms with E-state index in [1.54, 1.807) is 6.20 Å². The molecule has 0 saturated carbocycles. The van der Waals surface area contributed by atoms with E-state index in [4.69, 9.17) is 11.6 Å². The Morgan fingerprint density at radius 1 is 1.47 bits per heavy atom. The van der Waals surface area contributed by atoms with Gasteiger partial charge in [-0.2, -0.15) is 15.4 Å². The van der Waals surface area contributed by atoms with Crippen LogP contribution in [0.15, 0.2) is 30.5 Å². The van der Waals surface area contributed by atoms with Gasteiger partial charge in [-0.15, -0.1) is 0 Å². The predicted molar refractivity (Wildman–Crippen MR) is 68.0 cm³/mol. The molecule has 1 aromatic heterocycles. The number of likely N-dealkylation sites (N-methyl/N-ethyl adjacent to an activating group) is 1. The Morgan fingerprint density at radius 2 is 2.35 bits per heavy atom. The average molecular weight is 251 g/mol. The molecule has 2 aromatic rings. The number of H-pyrrole nitrogens is 1. The Bertz CT molecular complexity index is 455. The van der Waals surface area contributed by atoms with Crippen LogP contribution in [0.4, 0.5) is 0 Å². The standard InChI is InChI=1S/C12H15ClN4/c1-2-14-11(12-8-15-17-16-12)7-9-4-3-5-10(13)6-9/h3-6,8,11,14H,2,7H2,1H3,(H,15,16,17). The van der Waals surface area contributed by atoms with Crippen molar-refractivity contribution in [3.63, 3.8) is 0 Å². The van der Waals surface area contributed by atoms with Gasteiger partial charge in [0, 0.05) is 5.02 Å². The van der Waals surface area contributed by atoms with Gasteiger partial charge in [0.25, 0.3) is 0 Å². The molecule has 0 saturated heterocycles. The number of aromatic nitrogens is 3. The maximum Gasteiger partial charge on any atom is 0.0997 e. The summed E-state index contributed by atoms with van der Waals surface area (Å²) < 4.78 is 0. The molecule has 4 nitrogen and oxygen atoms in total. The summed E-state index contributed by atoms with van der Waals surface area (Å²) in [7, 11) is 0. The normalized spacial score (nSPS) is 12.6. The Labute approximate surface area is 105 Å². The predicted octanol–water partition coefficient (Wildman–Crippen LogP) is 2.35. The molecule has 2 rings (SSSR count). The SMILES string of the molecule is CCNC(Cc1cccc(Cl)c1)c1cn[nH]n1. The van der Waals surface area contributed by atoms with Gasteiger partial charge in [-0.05, 0) is 30.7 Å². The first-order valence-electron chi connectivity index (χ1n) is 5.63. The van der Waals surface area contributed by atoms with Gasteiger partial charge >= 0.3 is 0 Å². The molecule has 1 atom stereocenters. The van der Waals surface area contributed by atoms with Crippen molar-refractivity contribution in [2.75, 3.05) is 6.54 Å². The second-order valence-electron chi connectivity index (χ2n) is 3.84. The fourth-order valence-electron chi connectivity index (χ4n) is 1.81. The molecule has 0 radical (unpaired) electrons. The van der Waals surface area contributed by atoms with Crippen LogP contribution < -0.4 is 5.32 Å². The van der Waals surface area contributed by atoms with Crippen LogP contribution in [-0.4, -0.2) is 22.0 Å². The molecule has 0 bridgehead atoms. The van der Waals surface area contributed by atoms with E-state index in [9.17, 15) is 0 Å². The van der Waals surface area contributed by atoms with Crippen molar-refractivity contribution in [3.05, 3.63) is 46.7 Å². The topological polar surface area (TPSA) is 53.6 Å². The van der Waals surface area contributed by atoms with Crippen molar-refractivity contribution >= 4 is 11.6 Å².